The molecule has 0 N–H and O–H groups in total. The number of oxazole rings is 1. The number of thioether (sulfide) groups is 1. The van der Waals surface area contributed by atoms with Crippen molar-refractivity contribution >= 4 is 40.1 Å². The lowest BCUT2D eigenvalue weighted by atomic mass is 9.96. The van der Waals surface area contributed by atoms with Gasteiger partial charge in [0.05, 0.1) is 11.8 Å². The molecule has 5 aromatic rings. The molecule has 192 valence electrons. The summed E-state index contributed by atoms with van der Waals surface area (Å²) in [5.74, 6) is 0.623. The zero-order chi connectivity index (χ0) is 25.9. The van der Waals surface area contributed by atoms with Crippen LogP contribution in [0.1, 0.15) is 38.2 Å². The molecule has 1 fully saturated rings. The van der Waals surface area contributed by atoms with Gasteiger partial charge in [-0.25, -0.2) is 9.97 Å². The minimum atomic E-state index is 0.00506. The molecule has 0 atom stereocenters. The molecule has 6 nitrogen and oxygen atoms in total. The molecule has 0 unspecified atom stereocenters. The van der Waals surface area contributed by atoms with Crippen LogP contribution >= 0.6 is 23.1 Å². The Hall–Kier alpha value is -3.46. The fraction of sp³-hybridized carbons (Fsp3) is 0.233. The second-order valence-electron chi connectivity index (χ2n) is 9.42. The molecular weight excluding hydrogens is 512 g/mol. The Balaban J connectivity index is 1.08. The van der Waals surface area contributed by atoms with E-state index in [1.165, 1.54) is 34.2 Å². The van der Waals surface area contributed by atoms with Crippen molar-refractivity contribution in [2.45, 2.75) is 23.9 Å². The van der Waals surface area contributed by atoms with Crippen LogP contribution in [0.3, 0.4) is 0 Å². The number of fused-ring (bicyclic) bond motifs is 1. The highest BCUT2D eigenvalue weighted by molar-refractivity contribution is 7.98. The SMILES string of the molecule is Cc1ccc2oc(SCc3nc(C(=O)N4CCN(C(c5ccccc5)c5ccccc5)CC4)cs3)nc2c1. The van der Waals surface area contributed by atoms with Crippen LogP contribution in [0, 0.1) is 6.92 Å². The summed E-state index contributed by atoms with van der Waals surface area (Å²) >= 11 is 3.01. The Bertz CT molecular complexity index is 1490. The third-order valence-electron chi connectivity index (χ3n) is 6.81. The average molecular weight is 541 g/mol. The van der Waals surface area contributed by atoms with Crippen LogP contribution in [0.2, 0.25) is 0 Å². The van der Waals surface area contributed by atoms with E-state index in [1.807, 2.05) is 35.4 Å². The largest absolute Gasteiger partial charge is 0.431 e. The second kappa shape index (κ2) is 11.1. The Kier molecular flexibility index (Phi) is 7.27. The van der Waals surface area contributed by atoms with Crippen molar-refractivity contribution in [2.24, 2.45) is 0 Å². The molecule has 0 saturated carbocycles. The number of hydrogen-bond donors (Lipinski definition) is 0. The van der Waals surface area contributed by atoms with E-state index < -0.39 is 0 Å². The van der Waals surface area contributed by atoms with Crippen LogP contribution in [0.25, 0.3) is 11.1 Å². The van der Waals surface area contributed by atoms with Gasteiger partial charge in [-0.05, 0) is 35.7 Å². The van der Waals surface area contributed by atoms with Gasteiger partial charge < -0.3 is 9.32 Å². The van der Waals surface area contributed by atoms with Crippen LogP contribution in [-0.2, 0) is 5.75 Å². The molecule has 1 saturated heterocycles. The van der Waals surface area contributed by atoms with Crippen molar-refractivity contribution in [3.8, 4) is 0 Å². The van der Waals surface area contributed by atoms with Crippen LogP contribution in [0.5, 0.6) is 0 Å². The monoisotopic (exact) mass is 540 g/mol. The van der Waals surface area contributed by atoms with Gasteiger partial charge in [-0.3, -0.25) is 9.69 Å². The lowest BCUT2D eigenvalue weighted by molar-refractivity contribution is 0.0592. The van der Waals surface area contributed by atoms with Gasteiger partial charge >= 0.3 is 0 Å². The Labute approximate surface area is 230 Å². The lowest BCUT2D eigenvalue weighted by Gasteiger charge is -2.39. The van der Waals surface area contributed by atoms with Crippen LogP contribution in [-0.4, -0.2) is 51.9 Å². The molecule has 1 aliphatic heterocycles. The number of carbonyl (C=O) groups is 1. The summed E-state index contributed by atoms with van der Waals surface area (Å²) in [7, 11) is 0. The lowest BCUT2D eigenvalue weighted by Crippen LogP contribution is -2.50. The number of benzene rings is 3. The molecule has 2 aromatic heterocycles. The molecule has 3 heterocycles. The van der Waals surface area contributed by atoms with Crippen molar-refractivity contribution in [3.63, 3.8) is 0 Å². The summed E-state index contributed by atoms with van der Waals surface area (Å²) in [6, 6.07) is 27.4. The normalized spacial score (nSPS) is 14.4. The Morgan fingerprint density at radius 1 is 0.947 bits per heavy atom. The number of nitrogens with zero attached hydrogens (tertiary/aromatic N) is 4. The maximum Gasteiger partial charge on any atom is 0.273 e. The number of carbonyl (C=O) groups excluding carboxylic acids is 1. The molecule has 0 aliphatic carbocycles. The van der Waals surface area contributed by atoms with Crippen LogP contribution < -0.4 is 0 Å². The molecule has 0 spiro atoms. The second-order valence-corrected chi connectivity index (χ2v) is 11.3. The standard InChI is InChI=1S/C30H28N4O2S2/c1-21-12-13-26-24(18-21)32-30(36-26)38-20-27-31-25(19-37-27)29(35)34-16-14-33(15-17-34)28(22-8-4-2-5-9-22)23-10-6-3-7-11-23/h2-13,18-19,28H,14-17,20H2,1H3. The zero-order valence-corrected chi connectivity index (χ0v) is 22.8. The summed E-state index contributed by atoms with van der Waals surface area (Å²) in [4.78, 5) is 26.9. The molecule has 38 heavy (non-hydrogen) atoms. The number of piperazine rings is 1. The molecule has 3 aromatic carbocycles. The van der Waals surface area contributed by atoms with Gasteiger partial charge in [-0.15, -0.1) is 11.3 Å². The third kappa shape index (κ3) is 5.38. The van der Waals surface area contributed by atoms with Crippen molar-refractivity contribution in [3.05, 3.63) is 112 Å². The van der Waals surface area contributed by atoms with Gasteiger partial charge in [0.15, 0.2) is 5.58 Å². The average Bonchev–Trinajstić information content (AvgIpc) is 3.60. The summed E-state index contributed by atoms with van der Waals surface area (Å²) in [6.07, 6.45) is 0. The predicted molar refractivity (Wildman–Crippen MR) is 153 cm³/mol. The van der Waals surface area contributed by atoms with E-state index in [0.717, 1.165) is 34.8 Å². The van der Waals surface area contributed by atoms with E-state index >= 15 is 0 Å². The quantitative estimate of drug-likeness (QED) is 0.222. The van der Waals surface area contributed by atoms with Gasteiger partial charge in [0.1, 0.15) is 16.2 Å². The zero-order valence-electron chi connectivity index (χ0n) is 21.1. The predicted octanol–water partition coefficient (Wildman–Crippen LogP) is 6.43. The fourth-order valence-electron chi connectivity index (χ4n) is 4.91. The summed E-state index contributed by atoms with van der Waals surface area (Å²) in [5.41, 5.74) is 5.87. The fourth-order valence-corrected chi connectivity index (χ4v) is 6.53. The minimum absolute atomic E-state index is 0.00506. The highest BCUT2D eigenvalue weighted by Crippen LogP contribution is 2.30. The van der Waals surface area contributed by atoms with E-state index in [9.17, 15) is 4.79 Å². The van der Waals surface area contributed by atoms with Gasteiger partial charge in [0.25, 0.3) is 11.1 Å². The van der Waals surface area contributed by atoms with Crippen molar-refractivity contribution in [1.82, 2.24) is 19.8 Å². The third-order valence-corrected chi connectivity index (χ3v) is 8.68. The highest BCUT2D eigenvalue weighted by Gasteiger charge is 2.29. The molecule has 6 rings (SSSR count). The molecule has 0 radical (unpaired) electrons. The molecule has 0 bridgehead atoms. The number of thiazole rings is 1. The molecule has 8 heteroatoms. The van der Waals surface area contributed by atoms with Crippen molar-refractivity contribution in [2.75, 3.05) is 26.2 Å². The number of aromatic nitrogens is 2. The summed E-state index contributed by atoms with van der Waals surface area (Å²) in [5, 5.41) is 3.39. The number of rotatable bonds is 7. The first-order chi connectivity index (χ1) is 18.6. The summed E-state index contributed by atoms with van der Waals surface area (Å²) in [6.45, 7) is 5.02. The van der Waals surface area contributed by atoms with Gasteiger partial charge in [0.2, 0.25) is 0 Å². The number of hydrogen-bond acceptors (Lipinski definition) is 7. The van der Waals surface area contributed by atoms with Crippen LogP contribution in [0.4, 0.5) is 0 Å². The molecule has 1 aliphatic rings. The van der Waals surface area contributed by atoms with E-state index in [1.54, 1.807) is 0 Å². The first kappa shape index (κ1) is 24.9. The van der Waals surface area contributed by atoms with E-state index in [4.69, 9.17) is 4.42 Å². The first-order valence-electron chi connectivity index (χ1n) is 12.7. The topological polar surface area (TPSA) is 62.5 Å². The molecular formula is C30H28N4O2S2. The van der Waals surface area contributed by atoms with Gasteiger partial charge in [0, 0.05) is 31.6 Å². The summed E-state index contributed by atoms with van der Waals surface area (Å²) < 4.78 is 5.84. The minimum Gasteiger partial charge on any atom is -0.431 e. The maximum absolute atomic E-state index is 13.3. The number of amides is 1. The van der Waals surface area contributed by atoms with Crippen molar-refractivity contribution in [1.29, 1.82) is 0 Å². The van der Waals surface area contributed by atoms with E-state index in [0.29, 0.717) is 29.8 Å². The smallest absolute Gasteiger partial charge is 0.273 e. The molecule has 1 amide bonds. The van der Waals surface area contributed by atoms with Crippen LogP contribution in [0.15, 0.2) is 93.9 Å². The van der Waals surface area contributed by atoms with Gasteiger partial charge in [-0.1, -0.05) is 78.5 Å². The van der Waals surface area contributed by atoms with E-state index in [2.05, 4.69) is 75.5 Å². The number of aryl methyl sites for hydroxylation is 1. The van der Waals surface area contributed by atoms with E-state index in [-0.39, 0.29) is 11.9 Å². The van der Waals surface area contributed by atoms with Crippen molar-refractivity contribution < 1.29 is 9.21 Å². The van der Waals surface area contributed by atoms with Gasteiger partial charge in [-0.2, -0.15) is 0 Å². The Morgan fingerprint density at radius 2 is 1.63 bits per heavy atom. The first-order valence-corrected chi connectivity index (χ1v) is 14.6. The Morgan fingerprint density at radius 3 is 2.32 bits per heavy atom. The highest BCUT2D eigenvalue weighted by atomic mass is 32.2. The maximum atomic E-state index is 13.3.